The molecule has 2 rings (SSSR count). The van der Waals surface area contributed by atoms with Gasteiger partial charge < -0.3 is 11.1 Å². The summed E-state index contributed by atoms with van der Waals surface area (Å²) in [5.41, 5.74) is 6.19. The van der Waals surface area contributed by atoms with E-state index in [2.05, 4.69) is 10.3 Å². The minimum Gasteiger partial charge on any atom is -0.368 e. The van der Waals surface area contributed by atoms with E-state index in [9.17, 15) is 9.59 Å². The van der Waals surface area contributed by atoms with Gasteiger partial charge in [-0.05, 0) is 18.1 Å². The monoisotopic (exact) mass is 296 g/mol. The minimum atomic E-state index is -0.902. The second-order valence-electron chi connectivity index (χ2n) is 5.08. The molecule has 0 fully saturated rings. The van der Waals surface area contributed by atoms with Gasteiger partial charge in [0.1, 0.15) is 11.7 Å². The van der Waals surface area contributed by atoms with E-state index in [1.54, 1.807) is 25.1 Å². The molecule has 0 bridgehead atoms. The van der Waals surface area contributed by atoms with Crippen molar-refractivity contribution in [3.63, 3.8) is 0 Å². The van der Waals surface area contributed by atoms with E-state index in [1.165, 1.54) is 0 Å². The minimum absolute atomic E-state index is 0.124. The van der Waals surface area contributed by atoms with Crippen molar-refractivity contribution in [3.05, 3.63) is 42.1 Å². The van der Waals surface area contributed by atoms with Crippen molar-refractivity contribution in [2.45, 2.75) is 19.4 Å². The maximum Gasteiger partial charge on any atom is 0.270 e. The van der Waals surface area contributed by atoms with Gasteiger partial charge in [-0.3, -0.25) is 9.59 Å². The van der Waals surface area contributed by atoms with E-state index in [1.807, 2.05) is 24.3 Å². The highest BCUT2D eigenvalue weighted by Crippen LogP contribution is 2.13. The van der Waals surface area contributed by atoms with Crippen molar-refractivity contribution in [3.8, 4) is 6.07 Å². The summed E-state index contributed by atoms with van der Waals surface area (Å²) in [5, 5.41) is 12.2. The lowest BCUT2D eigenvalue weighted by molar-refractivity contribution is -0.120. The zero-order chi connectivity index (χ0) is 16.1. The van der Waals surface area contributed by atoms with Gasteiger partial charge in [-0.1, -0.05) is 31.2 Å². The lowest BCUT2D eigenvalue weighted by Gasteiger charge is -2.20. The predicted octanol–water partition coefficient (Wildman–Crippen LogP) is 1.37. The first kappa shape index (κ1) is 15.4. The van der Waals surface area contributed by atoms with Crippen LogP contribution >= 0.6 is 0 Å². The fourth-order valence-corrected chi connectivity index (χ4v) is 2.16. The Morgan fingerprint density at radius 3 is 2.73 bits per heavy atom. The van der Waals surface area contributed by atoms with E-state index < -0.39 is 17.9 Å². The Bertz CT molecular complexity index is 751. The van der Waals surface area contributed by atoms with E-state index in [-0.39, 0.29) is 18.0 Å². The molecule has 6 heteroatoms. The summed E-state index contributed by atoms with van der Waals surface area (Å²) in [6, 6.07) is 11.9. The average Bonchev–Trinajstić information content (AvgIpc) is 2.51. The second-order valence-corrected chi connectivity index (χ2v) is 5.08. The van der Waals surface area contributed by atoms with Crippen LogP contribution in [0.1, 0.15) is 23.8 Å². The summed E-state index contributed by atoms with van der Waals surface area (Å²) >= 11 is 0. The van der Waals surface area contributed by atoms with Crippen molar-refractivity contribution in [1.29, 1.82) is 5.26 Å². The number of carbonyl (C=O) groups is 2. The van der Waals surface area contributed by atoms with Gasteiger partial charge in [0.05, 0.1) is 11.6 Å². The molecule has 3 N–H and O–H groups in total. The van der Waals surface area contributed by atoms with Gasteiger partial charge >= 0.3 is 0 Å². The molecule has 0 aliphatic carbocycles. The highest BCUT2D eigenvalue weighted by Gasteiger charge is 2.25. The lowest BCUT2D eigenvalue weighted by atomic mass is 9.98. The largest absolute Gasteiger partial charge is 0.368 e. The Morgan fingerprint density at radius 2 is 2.05 bits per heavy atom. The summed E-state index contributed by atoms with van der Waals surface area (Å²) in [7, 11) is 0. The first-order valence-corrected chi connectivity index (χ1v) is 6.86. The number of hydrogen-bond acceptors (Lipinski definition) is 4. The quantitative estimate of drug-likeness (QED) is 0.868. The number of amides is 2. The highest BCUT2D eigenvalue weighted by molar-refractivity contribution is 5.97. The lowest BCUT2D eigenvalue weighted by Crippen LogP contribution is -2.48. The number of hydrogen-bond donors (Lipinski definition) is 2. The number of nitrogens with one attached hydrogen (secondary N) is 1. The smallest absolute Gasteiger partial charge is 0.270 e. The molecule has 0 radical (unpaired) electrons. The standard InChI is InChI=1S/C16H16N4O2/c1-10(8-9-17)14(15(18)21)20-16(22)13-7-6-11-4-2-3-5-12(11)19-13/h2-7,10,14H,8H2,1H3,(H2,18,21)(H,20,22)/t10-,14-/m0/s1. The molecule has 6 nitrogen and oxygen atoms in total. The number of fused-ring (bicyclic) bond motifs is 1. The van der Waals surface area contributed by atoms with Crippen LogP contribution in [0, 0.1) is 17.2 Å². The number of nitrogens with zero attached hydrogens (tertiary/aromatic N) is 2. The molecule has 0 saturated carbocycles. The molecule has 0 aliphatic rings. The molecule has 2 atom stereocenters. The molecule has 22 heavy (non-hydrogen) atoms. The predicted molar refractivity (Wildman–Crippen MR) is 81.6 cm³/mol. The summed E-state index contributed by atoms with van der Waals surface area (Å²) in [6.07, 6.45) is 0.124. The van der Waals surface area contributed by atoms with Crippen molar-refractivity contribution in [1.82, 2.24) is 10.3 Å². The number of aromatic nitrogens is 1. The third kappa shape index (κ3) is 3.38. The van der Waals surface area contributed by atoms with Gasteiger partial charge in [-0.2, -0.15) is 5.26 Å². The van der Waals surface area contributed by atoms with Crippen LogP contribution in [0.4, 0.5) is 0 Å². The third-order valence-corrected chi connectivity index (χ3v) is 3.41. The number of rotatable bonds is 5. The van der Waals surface area contributed by atoms with Gasteiger partial charge in [0.25, 0.3) is 5.91 Å². The fraction of sp³-hybridized carbons (Fsp3) is 0.250. The van der Waals surface area contributed by atoms with E-state index in [0.717, 1.165) is 5.39 Å². The molecule has 2 amide bonds. The van der Waals surface area contributed by atoms with Gasteiger partial charge in [0.2, 0.25) is 5.91 Å². The summed E-state index contributed by atoms with van der Waals surface area (Å²) < 4.78 is 0. The number of pyridine rings is 1. The molecule has 0 spiro atoms. The first-order chi connectivity index (χ1) is 10.5. The van der Waals surface area contributed by atoms with Crippen LogP contribution in [0.25, 0.3) is 10.9 Å². The van der Waals surface area contributed by atoms with Crippen molar-refractivity contribution >= 4 is 22.7 Å². The molecule has 112 valence electrons. The number of nitrogens with two attached hydrogens (primary N) is 1. The zero-order valence-corrected chi connectivity index (χ0v) is 12.1. The van der Waals surface area contributed by atoms with Crippen LogP contribution in [0.3, 0.4) is 0 Å². The summed E-state index contributed by atoms with van der Waals surface area (Å²) in [5.74, 6) is -1.52. The van der Waals surface area contributed by atoms with Crippen LogP contribution in [-0.4, -0.2) is 22.8 Å². The van der Waals surface area contributed by atoms with Crippen LogP contribution in [0.2, 0.25) is 0 Å². The topological polar surface area (TPSA) is 109 Å². The number of carbonyl (C=O) groups excluding carboxylic acids is 2. The first-order valence-electron chi connectivity index (χ1n) is 6.86. The third-order valence-electron chi connectivity index (χ3n) is 3.41. The van der Waals surface area contributed by atoms with E-state index >= 15 is 0 Å². The maximum atomic E-state index is 12.2. The Hall–Kier alpha value is -2.94. The van der Waals surface area contributed by atoms with Crippen molar-refractivity contribution < 1.29 is 9.59 Å². The molecule has 0 saturated heterocycles. The van der Waals surface area contributed by atoms with Crippen LogP contribution < -0.4 is 11.1 Å². The Kier molecular flexibility index (Phi) is 4.69. The Labute approximate surface area is 127 Å². The molecule has 2 aromatic rings. The highest BCUT2D eigenvalue weighted by atomic mass is 16.2. The molecular weight excluding hydrogens is 280 g/mol. The van der Waals surface area contributed by atoms with Crippen molar-refractivity contribution in [2.75, 3.05) is 0 Å². The van der Waals surface area contributed by atoms with E-state index in [0.29, 0.717) is 5.52 Å². The van der Waals surface area contributed by atoms with Gasteiger partial charge in [0.15, 0.2) is 0 Å². The molecular formula is C16H16N4O2. The Morgan fingerprint density at radius 1 is 1.32 bits per heavy atom. The molecule has 1 heterocycles. The van der Waals surface area contributed by atoms with Crippen LogP contribution in [0.15, 0.2) is 36.4 Å². The normalized spacial score (nSPS) is 13.1. The number of nitriles is 1. The Balaban J connectivity index is 2.21. The zero-order valence-electron chi connectivity index (χ0n) is 12.1. The van der Waals surface area contributed by atoms with Crippen LogP contribution in [-0.2, 0) is 4.79 Å². The second kappa shape index (κ2) is 6.68. The summed E-state index contributed by atoms with van der Waals surface area (Å²) in [6.45, 7) is 1.69. The van der Waals surface area contributed by atoms with Crippen LogP contribution in [0.5, 0.6) is 0 Å². The van der Waals surface area contributed by atoms with E-state index in [4.69, 9.17) is 11.0 Å². The molecule has 0 unspecified atom stereocenters. The maximum absolute atomic E-state index is 12.2. The van der Waals surface area contributed by atoms with Gasteiger partial charge in [0, 0.05) is 11.8 Å². The average molecular weight is 296 g/mol. The summed E-state index contributed by atoms with van der Waals surface area (Å²) in [4.78, 5) is 28.0. The molecule has 1 aromatic carbocycles. The number of benzene rings is 1. The number of para-hydroxylation sites is 1. The number of primary amides is 1. The molecule has 1 aromatic heterocycles. The molecule has 0 aliphatic heterocycles. The van der Waals surface area contributed by atoms with Gasteiger partial charge in [-0.15, -0.1) is 0 Å². The fourth-order valence-electron chi connectivity index (χ4n) is 2.16. The SMILES string of the molecule is C[C@@H](CC#N)[C@H](NC(=O)c1ccc2ccccc2n1)C(N)=O. The van der Waals surface area contributed by atoms with Crippen molar-refractivity contribution in [2.24, 2.45) is 11.7 Å². The van der Waals surface area contributed by atoms with Gasteiger partial charge in [-0.25, -0.2) is 4.98 Å².